The van der Waals surface area contributed by atoms with E-state index in [0.29, 0.717) is 0 Å². The van der Waals surface area contributed by atoms with Crippen molar-refractivity contribution in [3.63, 3.8) is 0 Å². The molecule has 170 valence electrons. The van der Waals surface area contributed by atoms with E-state index in [1.165, 1.54) is 12.1 Å². The van der Waals surface area contributed by atoms with Crippen LogP contribution in [0.3, 0.4) is 0 Å². The molecule has 0 bridgehead atoms. The first-order valence-electron chi connectivity index (χ1n) is 9.45. The number of hydrogen-bond donors (Lipinski definition) is 2. The highest BCUT2D eigenvalue weighted by Crippen LogP contribution is 2.51. The van der Waals surface area contributed by atoms with Crippen molar-refractivity contribution in [2.45, 2.75) is 63.4 Å². The van der Waals surface area contributed by atoms with Gasteiger partial charge in [0.2, 0.25) is 0 Å². The molecule has 0 saturated heterocycles. The van der Waals surface area contributed by atoms with Crippen LogP contribution in [0.15, 0.2) is 18.2 Å². The Balaban J connectivity index is 2.32. The lowest BCUT2D eigenvalue weighted by Crippen LogP contribution is -2.48. The van der Waals surface area contributed by atoms with Gasteiger partial charge in [0, 0.05) is 11.5 Å². The molecule has 5 nitrogen and oxygen atoms in total. The lowest BCUT2D eigenvalue weighted by atomic mass is 9.85. The second-order valence-corrected chi connectivity index (χ2v) is 9.41. The van der Waals surface area contributed by atoms with Gasteiger partial charge in [-0.25, -0.2) is 18.6 Å². The van der Waals surface area contributed by atoms with Crippen LogP contribution in [0, 0.1) is 11.6 Å². The largest absolute Gasteiger partial charge is 0.465 e. The van der Waals surface area contributed by atoms with Crippen LogP contribution in [0.2, 0.25) is 0 Å². The molecule has 1 aliphatic rings. The molecule has 1 aliphatic carbocycles. The molecule has 3 atom stereocenters. The molecule has 2 N–H and O–H groups in total. The molecule has 3 rings (SSSR count). The summed E-state index contributed by atoms with van der Waals surface area (Å²) in [5, 5.41) is 19.2. The quantitative estimate of drug-likeness (QED) is 0.431. The lowest BCUT2D eigenvalue weighted by molar-refractivity contribution is -0.137. The van der Waals surface area contributed by atoms with Crippen molar-refractivity contribution in [2.75, 3.05) is 0 Å². The van der Waals surface area contributed by atoms with E-state index in [1.807, 2.05) is 0 Å². The van der Waals surface area contributed by atoms with Gasteiger partial charge in [-0.05, 0) is 45.2 Å². The van der Waals surface area contributed by atoms with Crippen LogP contribution in [-0.4, -0.2) is 31.7 Å². The third kappa shape index (κ3) is 4.38. The average Bonchev–Trinajstić information content (AvgIpc) is 3.03. The van der Waals surface area contributed by atoms with E-state index in [4.69, 9.17) is 0 Å². The topological polar surface area (TPSA) is 73.7 Å². The highest BCUT2D eigenvalue weighted by atomic mass is 32.1. The molecule has 0 spiro atoms. The van der Waals surface area contributed by atoms with Gasteiger partial charge >= 0.3 is 12.3 Å². The Kier molecular flexibility index (Phi) is 6.05. The molecule has 11 heteroatoms. The number of alkyl halides is 3. The smallest absolute Gasteiger partial charge is 0.443 e. The fraction of sp³-hybridized carbons (Fsp3) is 0.500. The van der Waals surface area contributed by atoms with E-state index in [-0.39, 0.29) is 40.3 Å². The number of benzene rings is 1. The van der Waals surface area contributed by atoms with Crippen LogP contribution in [0.1, 0.15) is 72.8 Å². The first-order valence-corrected chi connectivity index (χ1v) is 10.3. The number of thiazole rings is 1. The van der Waals surface area contributed by atoms with E-state index in [1.54, 1.807) is 20.8 Å². The summed E-state index contributed by atoms with van der Waals surface area (Å²) in [6.45, 7) is 4.65. The van der Waals surface area contributed by atoms with Gasteiger partial charge in [-0.3, -0.25) is 4.90 Å². The maximum absolute atomic E-state index is 14.7. The van der Waals surface area contributed by atoms with Crippen molar-refractivity contribution < 1.29 is 37.0 Å². The Hall–Kier alpha value is -2.27. The number of fused-ring (bicyclic) bond motifs is 1. The first kappa shape index (κ1) is 23.4. The predicted molar refractivity (Wildman–Crippen MR) is 103 cm³/mol. The fourth-order valence-electron chi connectivity index (χ4n) is 3.98. The van der Waals surface area contributed by atoms with E-state index in [9.17, 15) is 37.0 Å². The highest BCUT2D eigenvalue weighted by molar-refractivity contribution is 7.12. The Bertz CT molecular complexity index is 986. The number of aromatic nitrogens is 1. The van der Waals surface area contributed by atoms with E-state index >= 15 is 0 Å². The standard InChI is InChI=1S/C20H21F5N2O3S/c1-19(2,3)27(18(29)30)15-10(9-5-4-6-11(21)13(9)22)7-8-12(28)14-16(15)31-17(26-14)20(23,24)25/h4-6,10,12,15,28H,7-8H2,1-3H3,(H,29,30)/t10-,12-,15+/m1/s1. The molecule has 31 heavy (non-hydrogen) atoms. The highest BCUT2D eigenvalue weighted by Gasteiger charge is 2.47. The number of halogens is 5. The van der Waals surface area contributed by atoms with Crippen LogP contribution in [-0.2, 0) is 6.18 Å². The fourth-order valence-corrected chi connectivity index (χ4v) is 5.13. The summed E-state index contributed by atoms with van der Waals surface area (Å²) < 4.78 is 68.9. The number of aliphatic hydroxyl groups is 1. The number of nitrogens with zero attached hydrogens (tertiary/aromatic N) is 2. The predicted octanol–water partition coefficient (Wildman–Crippen LogP) is 5.87. The number of hydrogen-bond acceptors (Lipinski definition) is 4. The molecule has 0 fully saturated rings. The monoisotopic (exact) mass is 464 g/mol. The zero-order valence-electron chi connectivity index (χ0n) is 16.9. The third-order valence-corrected chi connectivity index (χ3v) is 6.41. The summed E-state index contributed by atoms with van der Waals surface area (Å²) >= 11 is 0.220. The van der Waals surface area contributed by atoms with Crippen molar-refractivity contribution in [1.82, 2.24) is 9.88 Å². The normalized spacial score (nSPS) is 22.0. The van der Waals surface area contributed by atoms with Gasteiger partial charge in [0.25, 0.3) is 0 Å². The van der Waals surface area contributed by atoms with Crippen LogP contribution in [0.25, 0.3) is 0 Å². The minimum Gasteiger partial charge on any atom is -0.465 e. The van der Waals surface area contributed by atoms with Gasteiger partial charge in [0.05, 0.1) is 22.7 Å². The number of carboxylic acid groups (broad SMARTS) is 1. The molecular weight excluding hydrogens is 443 g/mol. The molecule has 2 aromatic rings. The summed E-state index contributed by atoms with van der Waals surface area (Å²) in [6.07, 6.45) is -7.74. The zero-order chi connectivity index (χ0) is 23.3. The molecule has 0 saturated carbocycles. The summed E-state index contributed by atoms with van der Waals surface area (Å²) in [5.74, 6) is -3.39. The van der Waals surface area contributed by atoms with E-state index < -0.39 is 52.5 Å². The van der Waals surface area contributed by atoms with Crippen molar-refractivity contribution in [3.8, 4) is 0 Å². The van der Waals surface area contributed by atoms with Gasteiger partial charge < -0.3 is 10.2 Å². The molecular formula is C20H21F5N2O3S. The second-order valence-electron chi connectivity index (χ2n) is 8.38. The van der Waals surface area contributed by atoms with Gasteiger partial charge in [-0.1, -0.05) is 12.1 Å². The van der Waals surface area contributed by atoms with Gasteiger partial charge in [-0.15, -0.1) is 11.3 Å². The molecule has 1 aromatic carbocycles. The minimum absolute atomic E-state index is 0.0104. The third-order valence-electron chi connectivity index (χ3n) is 5.23. The number of rotatable bonds is 2. The SMILES string of the molecule is CC(C)(C)N(C(=O)O)[C@@H]1c2sc(C(F)(F)F)nc2[C@H](O)CC[C@@H]1c1cccc(F)c1F. The first-order chi connectivity index (χ1) is 14.2. The Morgan fingerprint density at radius 1 is 1.19 bits per heavy atom. The van der Waals surface area contributed by atoms with Crippen LogP contribution < -0.4 is 0 Å². The average molecular weight is 464 g/mol. The molecule has 0 aliphatic heterocycles. The van der Waals surface area contributed by atoms with E-state index in [0.717, 1.165) is 11.0 Å². The summed E-state index contributed by atoms with van der Waals surface area (Å²) in [6, 6.07) is 2.12. The summed E-state index contributed by atoms with van der Waals surface area (Å²) in [7, 11) is 0. The number of amides is 1. The number of carbonyl (C=O) groups is 1. The molecule has 1 heterocycles. The van der Waals surface area contributed by atoms with Crippen molar-refractivity contribution >= 4 is 17.4 Å². The second kappa shape index (κ2) is 8.01. The molecule has 1 aromatic heterocycles. The Labute approximate surface area is 179 Å². The van der Waals surface area contributed by atoms with Crippen LogP contribution in [0.4, 0.5) is 26.7 Å². The Morgan fingerprint density at radius 2 is 1.84 bits per heavy atom. The van der Waals surface area contributed by atoms with Crippen molar-refractivity contribution in [3.05, 3.63) is 51.0 Å². The van der Waals surface area contributed by atoms with Gasteiger partial charge in [-0.2, -0.15) is 13.2 Å². The maximum Gasteiger partial charge on any atom is 0.443 e. The van der Waals surface area contributed by atoms with E-state index in [2.05, 4.69) is 4.98 Å². The molecule has 0 unspecified atom stereocenters. The van der Waals surface area contributed by atoms with Gasteiger partial charge in [0.1, 0.15) is 0 Å². The maximum atomic E-state index is 14.7. The number of aliphatic hydroxyl groups excluding tert-OH is 1. The lowest BCUT2D eigenvalue weighted by Gasteiger charge is -2.42. The molecule has 1 amide bonds. The van der Waals surface area contributed by atoms with Crippen LogP contribution >= 0.6 is 11.3 Å². The molecule has 0 radical (unpaired) electrons. The van der Waals surface area contributed by atoms with Crippen molar-refractivity contribution in [1.29, 1.82) is 0 Å². The summed E-state index contributed by atoms with van der Waals surface area (Å²) in [5.41, 5.74) is -1.55. The zero-order valence-corrected chi connectivity index (χ0v) is 17.7. The van der Waals surface area contributed by atoms with Crippen molar-refractivity contribution in [2.24, 2.45) is 0 Å². The van der Waals surface area contributed by atoms with Gasteiger partial charge in [0.15, 0.2) is 16.6 Å². The minimum atomic E-state index is -4.81. The Morgan fingerprint density at radius 3 is 2.39 bits per heavy atom. The van der Waals surface area contributed by atoms with Crippen LogP contribution in [0.5, 0.6) is 0 Å². The summed E-state index contributed by atoms with van der Waals surface area (Å²) in [4.78, 5) is 16.6.